The summed E-state index contributed by atoms with van der Waals surface area (Å²) in [6, 6.07) is 0.832. The van der Waals surface area contributed by atoms with Gasteiger partial charge in [-0.15, -0.1) is 0 Å². The van der Waals surface area contributed by atoms with Crippen LogP contribution in [0.15, 0.2) is 0 Å². The maximum atomic E-state index is 6.02. The SMILES string of the molecule is CC(C)(C)OC1CC(N2CCC3(CC2)CC3)C1. The fourth-order valence-corrected chi connectivity index (χ4v) is 3.47. The Kier molecular flexibility index (Phi) is 2.79. The van der Waals surface area contributed by atoms with Crippen LogP contribution in [0.5, 0.6) is 0 Å². The highest BCUT2D eigenvalue weighted by Crippen LogP contribution is 2.54. The van der Waals surface area contributed by atoms with Crippen molar-refractivity contribution in [3.63, 3.8) is 0 Å². The third kappa shape index (κ3) is 2.68. The minimum Gasteiger partial charge on any atom is -0.373 e. The molecule has 1 aliphatic heterocycles. The number of nitrogens with zero attached hydrogens (tertiary/aromatic N) is 1. The molecule has 0 radical (unpaired) electrons. The first kappa shape index (κ1) is 12.0. The zero-order chi connectivity index (χ0) is 12.1. The van der Waals surface area contributed by atoms with Crippen LogP contribution in [0.1, 0.15) is 59.3 Å². The second-order valence-electron chi connectivity index (χ2n) is 7.51. The van der Waals surface area contributed by atoms with Crippen molar-refractivity contribution in [3.8, 4) is 0 Å². The minimum absolute atomic E-state index is 0.0373. The Hall–Kier alpha value is -0.0800. The second kappa shape index (κ2) is 3.96. The molecule has 0 unspecified atom stereocenters. The van der Waals surface area contributed by atoms with Crippen LogP contribution in [-0.2, 0) is 4.74 Å². The Bertz CT molecular complexity index is 274. The molecule has 2 heteroatoms. The smallest absolute Gasteiger partial charge is 0.0612 e. The largest absolute Gasteiger partial charge is 0.373 e. The summed E-state index contributed by atoms with van der Waals surface area (Å²) in [6.45, 7) is 9.20. The Labute approximate surface area is 106 Å². The molecule has 2 aliphatic carbocycles. The fraction of sp³-hybridized carbons (Fsp3) is 1.00. The average molecular weight is 237 g/mol. The van der Waals surface area contributed by atoms with E-state index >= 15 is 0 Å². The standard InChI is InChI=1S/C15H27NO/c1-14(2,3)17-13-10-12(11-13)16-8-6-15(4-5-15)7-9-16/h12-13H,4-11H2,1-3H3. The molecule has 0 bridgehead atoms. The van der Waals surface area contributed by atoms with Crippen LogP contribution in [0.2, 0.25) is 0 Å². The summed E-state index contributed by atoms with van der Waals surface area (Å²) in [4.78, 5) is 2.73. The zero-order valence-corrected chi connectivity index (χ0v) is 11.7. The van der Waals surface area contributed by atoms with Gasteiger partial charge < -0.3 is 9.64 Å². The van der Waals surface area contributed by atoms with Gasteiger partial charge in [-0.3, -0.25) is 0 Å². The van der Waals surface area contributed by atoms with E-state index in [1.165, 1.54) is 51.6 Å². The van der Waals surface area contributed by atoms with E-state index in [4.69, 9.17) is 4.74 Å². The van der Waals surface area contributed by atoms with Gasteiger partial charge in [0.1, 0.15) is 0 Å². The molecule has 0 aromatic heterocycles. The molecule has 0 atom stereocenters. The van der Waals surface area contributed by atoms with E-state index in [0.717, 1.165) is 11.5 Å². The van der Waals surface area contributed by atoms with Crippen molar-refractivity contribution in [2.24, 2.45) is 5.41 Å². The first-order valence-corrected chi connectivity index (χ1v) is 7.38. The minimum atomic E-state index is 0.0373. The van der Waals surface area contributed by atoms with Crippen LogP contribution < -0.4 is 0 Å². The molecule has 0 amide bonds. The highest BCUT2D eigenvalue weighted by Gasteiger charge is 2.46. The van der Waals surface area contributed by atoms with E-state index < -0.39 is 0 Å². The van der Waals surface area contributed by atoms with E-state index in [0.29, 0.717) is 6.10 Å². The topological polar surface area (TPSA) is 12.5 Å². The van der Waals surface area contributed by atoms with Gasteiger partial charge in [-0.1, -0.05) is 0 Å². The van der Waals surface area contributed by atoms with Crippen LogP contribution in [0.3, 0.4) is 0 Å². The number of likely N-dealkylation sites (tertiary alicyclic amines) is 1. The highest BCUT2D eigenvalue weighted by molar-refractivity contribution is 4.99. The van der Waals surface area contributed by atoms with Gasteiger partial charge in [0.15, 0.2) is 0 Å². The summed E-state index contributed by atoms with van der Waals surface area (Å²) in [7, 11) is 0. The van der Waals surface area contributed by atoms with Crippen molar-refractivity contribution in [1.29, 1.82) is 0 Å². The van der Waals surface area contributed by atoms with Gasteiger partial charge in [0.05, 0.1) is 11.7 Å². The fourth-order valence-electron chi connectivity index (χ4n) is 3.47. The summed E-state index contributed by atoms with van der Waals surface area (Å²) in [5.41, 5.74) is 0.858. The van der Waals surface area contributed by atoms with Gasteiger partial charge in [-0.05, 0) is 77.8 Å². The van der Waals surface area contributed by atoms with Crippen molar-refractivity contribution < 1.29 is 4.74 Å². The lowest BCUT2D eigenvalue weighted by Crippen LogP contribution is -2.52. The monoisotopic (exact) mass is 237 g/mol. The van der Waals surface area contributed by atoms with E-state index in [1.54, 1.807) is 0 Å². The lowest BCUT2D eigenvalue weighted by molar-refractivity contribution is -0.123. The van der Waals surface area contributed by atoms with Gasteiger partial charge in [0.2, 0.25) is 0 Å². The maximum Gasteiger partial charge on any atom is 0.0612 e. The molecule has 3 aliphatic rings. The quantitative estimate of drug-likeness (QED) is 0.731. The number of hydrogen-bond donors (Lipinski definition) is 0. The van der Waals surface area contributed by atoms with Crippen LogP contribution >= 0.6 is 0 Å². The molecule has 0 N–H and O–H groups in total. The van der Waals surface area contributed by atoms with Crippen LogP contribution in [0, 0.1) is 5.41 Å². The summed E-state index contributed by atoms with van der Waals surface area (Å²) in [6.07, 6.45) is 9.02. The first-order valence-electron chi connectivity index (χ1n) is 7.38. The molecular formula is C15H27NO. The van der Waals surface area contributed by atoms with Gasteiger partial charge in [-0.25, -0.2) is 0 Å². The average Bonchev–Trinajstić information content (AvgIpc) is 2.92. The molecule has 0 aromatic carbocycles. The lowest BCUT2D eigenvalue weighted by atomic mass is 9.84. The molecule has 2 saturated carbocycles. The number of piperidine rings is 1. The van der Waals surface area contributed by atoms with Crippen molar-refractivity contribution in [2.45, 2.75) is 77.0 Å². The van der Waals surface area contributed by atoms with E-state index in [-0.39, 0.29) is 5.60 Å². The molecule has 2 nitrogen and oxygen atoms in total. The normalized spacial score (nSPS) is 36.9. The van der Waals surface area contributed by atoms with Crippen molar-refractivity contribution >= 4 is 0 Å². The Morgan fingerprint density at radius 1 is 1.00 bits per heavy atom. The van der Waals surface area contributed by atoms with E-state index in [1.807, 2.05) is 0 Å². The van der Waals surface area contributed by atoms with Gasteiger partial charge in [-0.2, -0.15) is 0 Å². The Morgan fingerprint density at radius 2 is 1.59 bits per heavy atom. The highest BCUT2D eigenvalue weighted by atomic mass is 16.5. The molecule has 1 saturated heterocycles. The van der Waals surface area contributed by atoms with Crippen LogP contribution in [0.25, 0.3) is 0 Å². The van der Waals surface area contributed by atoms with Crippen LogP contribution in [0.4, 0.5) is 0 Å². The number of ether oxygens (including phenoxy) is 1. The summed E-state index contributed by atoms with van der Waals surface area (Å²) >= 11 is 0. The predicted molar refractivity (Wildman–Crippen MR) is 70.1 cm³/mol. The van der Waals surface area contributed by atoms with E-state index in [2.05, 4.69) is 25.7 Å². The summed E-state index contributed by atoms with van der Waals surface area (Å²) in [5.74, 6) is 0. The third-order valence-corrected chi connectivity index (χ3v) is 4.92. The third-order valence-electron chi connectivity index (χ3n) is 4.92. The van der Waals surface area contributed by atoms with Crippen LogP contribution in [-0.4, -0.2) is 35.7 Å². The molecule has 17 heavy (non-hydrogen) atoms. The van der Waals surface area contributed by atoms with Crippen molar-refractivity contribution in [3.05, 3.63) is 0 Å². The maximum absolute atomic E-state index is 6.02. The Morgan fingerprint density at radius 3 is 2.06 bits per heavy atom. The molecule has 1 heterocycles. The van der Waals surface area contributed by atoms with Gasteiger partial charge in [0.25, 0.3) is 0 Å². The summed E-state index contributed by atoms with van der Waals surface area (Å²) < 4.78 is 6.02. The molecule has 98 valence electrons. The van der Waals surface area contributed by atoms with Gasteiger partial charge >= 0.3 is 0 Å². The lowest BCUT2D eigenvalue weighted by Gasteiger charge is -2.47. The van der Waals surface area contributed by atoms with Crippen molar-refractivity contribution in [2.75, 3.05) is 13.1 Å². The predicted octanol–water partition coefficient (Wildman–Crippen LogP) is 3.21. The second-order valence-corrected chi connectivity index (χ2v) is 7.51. The summed E-state index contributed by atoms with van der Waals surface area (Å²) in [5, 5.41) is 0. The number of hydrogen-bond acceptors (Lipinski definition) is 2. The molecule has 3 rings (SSSR count). The zero-order valence-electron chi connectivity index (χ0n) is 11.7. The molecule has 1 spiro atoms. The molecule has 3 fully saturated rings. The molecular weight excluding hydrogens is 210 g/mol. The van der Waals surface area contributed by atoms with Gasteiger partial charge in [0, 0.05) is 6.04 Å². The van der Waals surface area contributed by atoms with E-state index in [9.17, 15) is 0 Å². The molecule has 0 aromatic rings. The number of rotatable bonds is 2. The Balaban J connectivity index is 1.40. The first-order chi connectivity index (χ1) is 7.96. The van der Waals surface area contributed by atoms with Crippen molar-refractivity contribution in [1.82, 2.24) is 4.90 Å².